The molecule has 5 nitrogen and oxygen atoms in total. The minimum atomic E-state index is -2.65. The molecule has 128 valence electrons. The number of ether oxygens (including phenoxy) is 1. The van der Waals surface area contributed by atoms with Gasteiger partial charge in [0.2, 0.25) is 5.91 Å². The lowest BCUT2D eigenvalue weighted by atomic mass is 9.91. The zero-order valence-electron chi connectivity index (χ0n) is 13.4. The summed E-state index contributed by atoms with van der Waals surface area (Å²) in [5.41, 5.74) is -0.130. The van der Waals surface area contributed by atoms with E-state index >= 15 is 0 Å². The minimum absolute atomic E-state index is 0.130. The highest BCUT2D eigenvalue weighted by Gasteiger charge is 2.43. The molecule has 2 heterocycles. The van der Waals surface area contributed by atoms with Crippen LogP contribution in [0.3, 0.4) is 0 Å². The SMILES string of the molecule is CC(C)(C)CC(=O)NC1COC(CN2CCC(F)(F)C2)C1O. The number of alkyl halides is 2. The summed E-state index contributed by atoms with van der Waals surface area (Å²) in [6.07, 6.45) is -1.19. The Morgan fingerprint density at radius 3 is 2.68 bits per heavy atom. The van der Waals surface area contributed by atoms with E-state index < -0.39 is 24.2 Å². The number of carbonyl (C=O) groups excluding carboxylic acids is 1. The molecule has 0 bridgehead atoms. The molecule has 3 atom stereocenters. The van der Waals surface area contributed by atoms with Gasteiger partial charge in [-0.1, -0.05) is 20.8 Å². The first-order valence-electron chi connectivity index (χ1n) is 7.75. The van der Waals surface area contributed by atoms with Crippen LogP contribution in [0, 0.1) is 5.41 Å². The predicted molar refractivity (Wildman–Crippen MR) is 77.8 cm³/mol. The molecule has 2 N–H and O–H groups in total. The van der Waals surface area contributed by atoms with Gasteiger partial charge in [-0.05, 0) is 5.41 Å². The van der Waals surface area contributed by atoms with Crippen LogP contribution in [0.1, 0.15) is 33.6 Å². The summed E-state index contributed by atoms with van der Waals surface area (Å²) in [5, 5.41) is 13.0. The first-order chi connectivity index (χ1) is 10.1. The first kappa shape index (κ1) is 17.6. The second-order valence-corrected chi connectivity index (χ2v) is 7.61. The Labute approximate surface area is 130 Å². The van der Waals surface area contributed by atoms with E-state index in [-0.39, 0.29) is 37.4 Å². The molecule has 22 heavy (non-hydrogen) atoms. The Morgan fingerprint density at radius 1 is 1.45 bits per heavy atom. The van der Waals surface area contributed by atoms with E-state index in [1.807, 2.05) is 20.8 Å². The maximum atomic E-state index is 13.2. The van der Waals surface area contributed by atoms with Crippen LogP contribution >= 0.6 is 0 Å². The molecular formula is C15H26F2N2O3. The van der Waals surface area contributed by atoms with E-state index in [1.165, 1.54) is 0 Å². The number of hydrogen-bond donors (Lipinski definition) is 2. The van der Waals surface area contributed by atoms with E-state index in [4.69, 9.17) is 4.74 Å². The van der Waals surface area contributed by atoms with E-state index in [9.17, 15) is 18.7 Å². The number of carbonyl (C=O) groups is 1. The van der Waals surface area contributed by atoms with Gasteiger partial charge in [-0.15, -0.1) is 0 Å². The first-order valence-corrected chi connectivity index (χ1v) is 7.75. The molecule has 3 unspecified atom stereocenters. The Kier molecular flexibility index (Phi) is 5.09. The smallest absolute Gasteiger partial charge is 0.261 e. The fraction of sp³-hybridized carbons (Fsp3) is 0.933. The van der Waals surface area contributed by atoms with Gasteiger partial charge in [0.25, 0.3) is 5.92 Å². The molecular weight excluding hydrogens is 294 g/mol. The van der Waals surface area contributed by atoms with Crippen molar-refractivity contribution in [2.75, 3.05) is 26.2 Å². The Morgan fingerprint density at radius 2 is 2.14 bits per heavy atom. The van der Waals surface area contributed by atoms with Crippen LogP contribution in [-0.2, 0) is 9.53 Å². The average Bonchev–Trinajstić information content (AvgIpc) is 2.83. The molecule has 1 amide bonds. The van der Waals surface area contributed by atoms with Crippen molar-refractivity contribution in [3.63, 3.8) is 0 Å². The normalized spacial score (nSPS) is 32.4. The minimum Gasteiger partial charge on any atom is -0.388 e. The van der Waals surface area contributed by atoms with Gasteiger partial charge in [0.1, 0.15) is 6.10 Å². The van der Waals surface area contributed by atoms with Crippen LogP contribution in [0.2, 0.25) is 0 Å². The molecule has 2 rings (SSSR count). The molecule has 0 aromatic heterocycles. The molecule has 0 radical (unpaired) electrons. The lowest BCUT2D eigenvalue weighted by Crippen LogP contribution is -2.47. The second-order valence-electron chi connectivity index (χ2n) is 7.61. The van der Waals surface area contributed by atoms with E-state index in [1.54, 1.807) is 4.90 Å². The molecule has 2 aliphatic rings. The van der Waals surface area contributed by atoms with Gasteiger partial charge in [0.05, 0.1) is 25.3 Å². The number of hydrogen-bond acceptors (Lipinski definition) is 4. The number of nitrogens with one attached hydrogen (secondary N) is 1. The third-order valence-electron chi connectivity index (χ3n) is 4.01. The number of nitrogens with zero attached hydrogens (tertiary/aromatic N) is 1. The van der Waals surface area contributed by atoms with Gasteiger partial charge in [-0.2, -0.15) is 0 Å². The van der Waals surface area contributed by atoms with E-state index in [2.05, 4.69) is 5.32 Å². The fourth-order valence-electron chi connectivity index (χ4n) is 2.93. The number of amides is 1. The molecule has 2 aliphatic heterocycles. The Hall–Kier alpha value is -0.790. The molecule has 7 heteroatoms. The van der Waals surface area contributed by atoms with Gasteiger partial charge in [0.15, 0.2) is 0 Å². The van der Waals surface area contributed by atoms with Gasteiger partial charge >= 0.3 is 0 Å². The quantitative estimate of drug-likeness (QED) is 0.811. The fourth-order valence-corrected chi connectivity index (χ4v) is 2.93. The second kappa shape index (κ2) is 6.37. The lowest BCUT2D eigenvalue weighted by Gasteiger charge is -2.24. The van der Waals surface area contributed by atoms with Gasteiger partial charge < -0.3 is 15.2 Å². The summed E-state index contributed by atoms with van der Waals surface area (Å²) in [4.78, 5) is 13.5. The third kappa shape index (κ3) is 4.86. The van der Waals surface area contributed by atoms with E-state index in [0.717, 1.165) is 0 Å². The van der Waals surface area contributed by atoms with Crippen LogP contribution in [0.4, 0.5) is 8.78 Å². The van der Waals surface area contributed by atoms with Gasteiger partial charge in [0, 0.05) is 25.9 Å². The highest BCUT2D eigenvalue weighted by molar-refractivity contribution is 5.77. The zero-order chi connectivity index (χ0) is 16.5. The van der Waals surface area contributed by atoms with Crippen LogP contribution in [0.15, 0.2) is 0 Å². The monoisotopic (exact) mass is 320 g/mol. The van der Waals surface area contributed by atoms with Crippen molar-refractivity contribution in [2.45, 2.75) is 57.8 Å². The molecule has 2 saturated heterocycles. The van der Waals surface area contributed by atoms with Crippen LogP contribution in [0.5, 0.6) is 0 Å². The number of aliphatic hydroxyl groups is 1. The summed E-state index contributed by atoms with van der Waals surface area (Å²) < 4.78 is 31.8. The largest absolute Gasteiger partial charge is 0.388 e. The van der Waals surface area contributed by atoms with Crippen molar-refractivity contribution in [2.24, 2.45) is 5.41 Å². The Balaban J connectivity index is 1.80. The highest BCUT2D eigenvalue weighted by atomic mass is 19.3. The molecule has 2 fully saturated rings. The molecule has 0 aromatic carbocycles. The van der Waals surface area contributed by atoms with Crippen molar-refractivity contribution < 1.29 is 23.4 Å². The summed E-state index contributed by atoms with van der Waals surface area (Å²) in [7, 11) is 0. The zero-order valence-corrected chi connectivity index (χ0v) is 13.4. The van der Waals surface area contributed by atoms with Crippen molar-refractivity contribution in [3.05, 3.63) is 0 Å². The molecule has 0 aromatic rings. The number of aliphatic hydroxyl groups excluding tert-OH is 1. The van der Waals surface area contributed by atoms with Crippen LogP contribution in [0.25, 0.3) is 0 Å². The van der Waals surface area contributed by atoms with Crippen molar-refractivity contribution in [1.82, 2.24) is 10.2 Å². The van der Waals surface area contributed by atoms with Crippen LogP contribution in [-0.4, -0.2) is 66.3 Å². The molecule has 0 aliphatic carbocycles. The third-order valence-corrected chi connectivity index (χ3v) is 4.01. The summed E-state index contributed by atoms with van der Waals surface area (Å²) in [6, 6.07) is -0.469. The average molecular weight is 320 g/mol. The topological polar surface area (TPSA) is 61.8 Å². The maximum absolute atomic E-state index is 13.2. The van der Waals surface area contributed by atoms with Crippen molar-refractivity contribution in [1.29, 1.82) is 0 Å². The van der Waals surface area contributed by atoms with Crippen molar-refractivity contribution >= 4 is 5.91 Å². The highest BCUT2D eigenvalue weighted by Crippen LogP contribution is 2.28. The predicted octanol–water partition coefficient (Wildman–Crippen LogP) is 1.01. The van der Waals surface area contributed by atoms with Gasteiger partial charge in [-0.25, -0.2) is 8.78 Å². The standard InChI is InChI=1S/C15H26F2N2O3/c1-14(2,3)6-12(20)18-10-8-22-11(13(10)21)7-19-5-4-15(16,17)9-19/h10-11,13,21H,4-9H2,1-3H3,(H,18,20). The number of rotatable bonds is 4. The summed E-state index contributed by atoms with van der Waals surface area (Å²) in [6.45, 7) is 6.38. The number of likely N-dealkylation sites (tertiary alicyclic amines) is 1. The molecule has 0 spiro atoms. The number of halogens is 2. The lowest BCUT2D eigenvalue weighted by molar-refractivity contribution is -0.124. The summed E-state index contributed by atoms with van der Waals surface area (Å²) in [5.74, 6) is -2.78. The molecule has 0 saturated carbocycles. The maximum Gasteiger partial charge on any atom is 0.261 e. The van der Waals surface area contributed by atoms with Crippen molar-refractivity contribution in [3.8, 4) is 0 Å². The summed E-state index contributed by atoms with van der Waals surface area (Å²) >= 11 is 0. The van der Waals surface area contributed by atoms with Crippen LogP contribution < -0.4 is 5.32 Å². The Bertz CT molecular complexity index is 412. The van der Waals surface area contributed by atoms with Gasteiger partial charge in [-0.3, -0.25) is 9.69 Å². The van der Waals surface area contributed by atoms with E-state index in [0.29, 0.717) is 13.0 Å².